The summed E-state index contributed by atoms with van der Waals surface area (Å²) in [6.07, 6.45) is -0.0595. The van der Waals surface area contributed by atoms with Crippen molar-refractivity contribution in [2.75, 3.05) is 38.1 Å². The van der Waals surface area contributed by atoms with Crippen LogP contribution in [0.5, 0.6) is 0 Å². The molecular formula is C14H18ClN3O4. The van der Waals surface area contributed by atoms with Gasteiger partial charge in [0.25, 0.3) is 0 Å². The number of benzene rings is 1. The standard InChI is InChI=1S/C14H18ClN3O4/c15-12-2-1-9(5-11(12)14(20)21)17-13(19)8-18-3-4-22-10(6-16)7-18/h1-2,5,10H,3-4,6-8,16H2,(H,17,19)(H,20,21). The third kappa shape index (κ3) is 4.41. The quantitative estimate of drug-likeness (QED) is 0.733. The first-order valence-electron chi connectivity index (χ1n) is 6.86. The van der Waals surface area contributed by atoms with E-state index in [-0.39, 0.29) is 29.1 Å². The lowest BCUT2D eigenvalue weighted by Crippen LogP contribution is -2.48. The van der Waals surface area contributed by atoms with Gasteiger partial charge < -0.3 is 20.9 Å². The highest BCUT2D eigenvalue weighted by Gasteiger charge is 2.21. The minimum Gasteiger partial charge on any atom is -0.478 e. The van der Waals surface area contributed by atoms with Crippen LogP contribution < -0.4 is 11.1 Å². The van der Waals surface area contributed by atoms with E-state index in [1.807, 2.05) is 4.90 Å². The molecule has 2 rings (SSSR count). The number of halogens is 1. The predicted molar refractivity (Wildman–Crippen MR) is 82.3 cm³/mol. The molecule has 0 spiro atoms. The van der Waals surface area contributed by atoms with Gasteiger partial charge in [-0.05, 0) is 18.2 Å². The number of nitrogens with one attached hydrogen (secondary N) is 1. The Morgan fingerprint density at radius 2 is 2.27 bits per heavy atom. The number of hydrogen-bond donors (Lipinski definition) is 3. The van der Waals surface area contributed by atoms with Gasteiger partial charge >= 0.3 is 5.97 Å². The number of carboxylic acid groups (broad SMARTS) is 1. The van der Waals surface area contributed by atoms with E-state index in [2.05, 4.69) is 5.32 Å². The normalized spacial score (nSPS) is 18.9. The Morgan fingerprint density at radius 1 is 1.50 bits per heavy atom. The molecule has 1 fully saturated rings. The van der Waals surface area contributed by atoms with E-state index in [1.165, 1.54) is 12.1 Å². The number of carbonyl (C=O) groups excluding carboxylic acids is 1. The molecule has 0 bridgehead atoms. The molecule has 0 saturated carbocycles. The van der Waals surface area contributed by atoms with Crippen LogP contribution in [-0.4, -0.2) is 60.8 Å². The Morgan fingerprint density at radius 3 is 2.95 bits per heavy atom. The Balaban J connectivity index is 1.94. The minimum absolute atomic E-state index is 0.0472. The van der Waals surface area contributed by atoms with Crippen molar-refractivity contribution >= 4 is 29.2 Å². The number of carboxylic acids is 1. The predicted octanol–water partition coefficient (Wildman–Crippen LogP) is 0.636. The van der Waals surface area contributed by atoms with Crippen LogP contribution in [0, 0.1) is 0 Å². The van der Waals surface area contributed by atoms with E-state index >= 15 is 0 Å². The first-order valence-corrected chi connectivity index (χ1v) is 7.24. The van der Waals surface area contributed by atoms with E-state index in [0.717, 1.165) is 0 Å². The molecule has 1 unspecified atom stereocenters. The summed E-state index contributed by atoms with van der Waals surface area (Å²) >= 11 is 5.79. The third-order valence-corrected chi connectivity index (χ3v) is 3.66. The molecule has 1 aromatic carbocycles. The van der Waals surface area contributed by atoms with E-state index in [0.29, 0.717) is 31.9 Å². The van der Waals surface area contributed by atoms with Gasteiger partial charge in [-0.1, -0.05) is 11.6 Å². The fourth-order valence-corrected chi connectivity index (χ4v) is 2.44. The van der Waals surface area contributed by atoms with Gasteiger partial charge in [-0.15, -0.1) is 0 Å². The van der Waals surface area contributed by atoms with E-state index in [1.54, 1.807) is 6.07 Å². The average molecular weight is 328 g/mol. The number of amides is 1. The second-order valence-corrected chi connectivity index (χ2v) is 5.42. The molecule has 1 aliphatic heterocycles. The Kier molecular flexibility index (Phi) is 5.73. The zero-order chi connectivity index (χ0) is 16.1. The lowest BCUT2D eigenvalue weighted by Gasteiger charge is -2.31. The van der Waals surface area contributed by atoms with Crippen molar-refractivity contribution in [3.8, 4) is 0 Å². The summed E-state index contributed by atoms with van der Waals surface area (Å²) in [5, 5.41) is 11.8. The van der Waals surface area contributed by atoms with Gasteiger partial charge in [-0.3, -0.25) is 9.69 Å². The molecule has 7 nitrogen and oxygen atoms in total. The summed E-state index contributed by atoms with van der Waals surface area (Å²) in [7, 11) is 0. The fraction of sp³-hybridized carbons (Fsp3) is 0.429. The van der Waals surface area contributed by atoms with Crippen molar-refractivity contribution in [2.45, 2.75) is 6.10 Å². The molecule has 0 aromatic heterocycles. The Bertz CT molecular complexity index is 567. The monoisotopic (exact) mass is 327 g/mol. The molecule has 1 atom stereocenters. The summed E-state index contributed by atoms with van der Waals surface area (Å²) in [4.78, 5) is 25.0. The van der Waals surface area contributed by atoms with Crippen molar-refractivity contribution < 1.29 is 19.4 Å². The summed E-state index contributed by atoms with van der Waals surface area (Å²) in [6.45, 7) is 2.41. The molecule has 8 heteroatoms. The molecule has 0 radical (unpaired) electrons. The molecule has 4 N–H and O–H groups in total. The van der Waals surface area contributed by atoms with Crippen LogP contribution in [0.4, 0.5) is 5.69 Å². The van der Waals surface area contributed by atoms with Gasteiger partial charge in [0.2, 0.25) is 5.91 Å². The molecule has 1 saturated heterocycles. The van der Waals surface area contributed by atoms with E-state index < -0.39 is 5.97 Å². The van der Waals surface area contributed by atoms with Crippen LogP contribution >= 0.6 is 11.6 Å². The largest absolute Gasteiger partial charge is 0.478 e. The van der Waals surface area contributed by atoms with Crippen LogP contribution in [-0.2, 0) is 9.53 Å². The lowest BCUT2D eigenvalue weighted by molar-refractivity contribution is -0.119. The lowest BCUT2D eigenvalue weighted by atomic mass is 10.2. The number of nitrogens with zero attached hydrogens (tertiary/aromatic N) is 1. The van der Waals surface area contributed by atoms with Crippen molar-refractivity contribution in [1.82, 2.24) is 4.90 Å². The SMILES string of the molecule is NCC1CN(CC(=O)Nc2ccc(Cl)c(C(=O)O)c2)CCO1. The maximum atomic E-state index is 12.0. The van der Waals surface area contributed by atoms with Crippen LogP contribution in [0.25, 0.3) is 0 Å². The highest BCUT2D eigenvalue weighted by molar-refractivity contribution is 6.33. The Labute approximate surface area is 133 Å². The van der Waals surface area contributed by atoms with Gasteiger partial charge in [-0.25, -0.2) is 4.79 Å². The molecule has 1 amide bonds. The Hall–Kier alpha value is -1.67. The maximum absolute atomic E-state index is 12.0. The van der Waals surface area contributed by atoms with Crippen LogP contribution in [0.1, 0.15) is 10.4 Å². The fourth-order valence-electron chi connectivity index (χ4n) is 2.24. The number of ether oxygens (including phenoxy) is 1. The number of aromatic carboxylic acids is 1. The van der Waals surface area contributed by atoms with Gasteiger partial charge in [0, 0.05) is 25.3 Å². The number of carbonyl (C=O) groups is 2. The van der Waals surface area contributed by atoms with Crippen molar-refractivity contribution in [1.29, 1.82) is 0 Å². The van der Waals surface area contributed by atoms with E-state index in [9.17, 15) is 9.59 Å². The zero-order valence-corrected chi connectivity index (χ0v) is 12.7. The summed E-state index contributed by atoms with van der Waals surface area (Å²) < 4.78 is 5.43. The summed E-state index contributed by atoms with van der Waals surface area (Å²) in [5.74, 6) is -1.36. The van der Waals surface area contributed by atoms with Crippen molar-refractivity contribution in [3.05, 3.63) is 28.8 Å². The maximum Gasteiger partial charge on any atom is 0.337 e. The number of morpholine rings is 1. The van der Waals surface area contributed by atoms with Crippen LogP contribution in [0.2, 0.25) is 5.02 Å². The van der Waals surface area contributed by atoms with Gasteiger partial charge in [0.15, 0.2) is 0 Å². The van der Waals surface area contributed by atoms with Gasteiger partial charge in [0.1, 0.15) is 0 Å². The smallest absolute Gasteiger partial charge is 0.337 e. The molecule has 0 aliphatic carbocycles. The highest BCUT2D eigenvalue weighted by atomic mass is 35.5. The highest BCUT2D eigenvalue weighted by Crippen LogP contribution is 2.20. The van der Waals surface area contributed by atoms with Crippen LogP contribution in [0.15, 0.2) is 18.2 Å². The van der Waals surface area contributed by atoms with E-state index in [4.69, 9.17) is 27.2 Å². The molecule has 1 aromatic rings. The number of rotatable bonds is 5. The van der Waals surface area contributed by atoms with Crippen LogP contribution in [0.3, 0.4) is 0 Å². The topological polar surface area (TPSA) is 105 Å². The first-order chi connectivity index (χ1) is 10.5. The minimum atomic E-state index is -1.14. The third-order valence-electron chi connectivity index (χ3n) is 3.33. The second-order valence-electron chi connectivity index (χ2n) is 5.01. The molecule has 1 heterocycles. The molecule has 120 valence electrons. The zero-order valence-electron chi connectivity index (χ0n) is 11.9. The number of anilines is 1. The first kappa shape index (κ1) is 16.7. The summed E-state index contributed by atoms with van der Waals surface area (Å²) in [6, 6.07) is 4.35. The van der Waals surface area contributed by atoms with Crippen molar-refractivity contribution in [2.24, 2.45) is 5.73 Å². The van der Waals surface area contributed by atoms with Crippen molar-refractivity contribution in [3.63, 3.8) is 0 Å². The average Bonchev–Trinajstić information content (AvgIpc) is 2.49. The molecule has 22 heavy (non-hydrogen) atoms. The van der Waals surface area contributed by atoms with Gasteiger partial charge in [-0.2, -0.15) is 0 Å². The molecule has 1 aliphatic rings. The molecular weight excluding hydrogens is 310 g/mol. The van der Waals surface area contributed by atoms with Gasteiger partial charge in [0.05, 0.1) is 29.8 Å². The summed E-state index contributed by atoms with van der Waals surface area (Å²) in [5.41, 5.74) is 5.91. The number of hydrogen-bond acceptors (Lipinski definition) is 5. The second kappa shape index (κ2) is 7.55. The number of nitrogens with two attached hydrogens (primary N) is 1.